The number of nitrogens with zero attached hydrogens (tertiary/aromatic N) is 3. The summed E-state index contributed by atoms with van der Waals surface area (Å²) in [6, 6.07) is 3.35. The van der Waals surface area contributed by atoms with Crippen LogP contribution in [0.2, 0.25) is 0 Å². The first-order chi connectivity index (χ1) is 13.0. The summed E-state index contributed by atoms with van der Waals surface area (Å²) in [6.45, 7) is 3.57. The molecule has 0 bridgehead atoms. The summed E-state index contributed by atoms with van der Waals surface area (Å²) in [6.07, 6.45) is 2.49. The van der Waals surface area contributed by atoms with Crippen molar-refractivity contribution in [2.24, 2.45) is 10.9 Å². The number of hydrogen-bond donors (Lipinski definition) is 0. The van der Waals surface area contributed by atoms with Gasteiger partial charge in [-0.2, -0.15) is 0 Å². The van der Waals surface area contributed by atoms with E-state index < -0.39 is 17.9 Å². The lowest BCUT2D eigenvalue weighted by molar-refractivity contribution is -0.157. The van der Waals surface area contributed by atoms with Crippen LogP contribution in [0.3, 0.4) is 0 Å². The van der Waals surface area contributed by atoms with Crippen molar-refractivity contribution >= 4 is 34.9 Å². The second kappa shape index (κ2) is 9.46. The van der Waals surface area contributed by atoms with Crippen LogP contribution in [0, 0.1) is 5.92 Å². The summed E-state index contributed by atoms with van der Waals surface area (Å²) in [5.41, 5.74) is 0.568. The highest BCUT2D eigenvalue weighted by atomic mass is 16.6. The van der Waals surface area contributed by atoms with Gasteiger partial charge in [0.1, 0.15) is 6.33 Å². The number of benzene rings is 1. The molecule has 144 valence electrons. The van der Waals surface area contributed by atoms with Crippen LogP contribution in [-0.2, 0) is 19.1 Å². The smallest absolute Gasteiger partial charge is 0.325 e. The Kier molecular flexibility index (Phi) is 7.04. The average molecular weight is 375 g/mol. The fourth-order valence-corrected chi connectivity index (χ4v) is 2.30. The Morgan fingerprint density at radius 3 is 2.19 bits per heavy atom. The first-order valence-electron chi connectivity index (χ1n) is 8.29. The van der Waals surface area contributed by atoms with Crippen molar-refractivity contribution in [1.82, 2.24) is 9.97 Å². The van der Waals surface area contributed by atoms with Gasteiger partial charge in [0.05, 0.1) is 33.0 Å². The zero-order chi connectivity index (χ0) is 19.8. The minimum Gasteiger partial charge on any atom is -0.493 e. The van der Waals surface area contributed by atoms with Gasteiger partial charge in [0.15, 0.2) is 23.2 Å². The molecule has 0 aliphatic rings. The highest BCUT2D eigenvalue weighted by Crippen LogP contribution is 2.34. The van der Waals surface area contributed by atoms with Crippen LogP contribution in [0.25, 0.3) is 10.9 Å². The number of hydrogen-bond acceptors (Lipinski definition) is 9. The Morgan fingerprint density at radius 2 is 1.63 bits per heavy atom. The maximum absolute atomic E-state index is 12.0. The van der Waals surface area contributed by atoms with Crippen LogP contribution in [0.4, 0.5) is 5.82 Å². The molecule has 0 amide bonds. The summed E-state index contributed by atoms with van der Waals surface area (Å²) in [4.78, 5) is 36.6. The monoisotopic (exact) mass is 375 g/mol. The molecule has 1 heterocycles. The summed E-state index contributed by atoms with van der Waals surface area (Å²) >= 11 is 0. The maximum Gasteiger partial charge on any atom is 0.325 e. The molecule has 0 saturated carbocycles. The zero-order valence-corrected chi connectivity index (χ0v) is 15.6. The first-order valence-corrected chi connectivity index (χ1v) is 8.29. The van der Waals surface area contributed by atoms with Crippen molar-refractivity contribution in [2.45, 2.75) is 13.8 Å². The van der Waals surface area contributed by atoms with E-state index >= 15 is 0 Å². The first kappa shape index (κ1) is 20.1. The number of carbonyl (C=O) groups excluding carboxylic acids is 2. The lowest BCUT2D eigenvalue weighted by Gasteiger charge is -2.11. The topological polar surface area (TPSA) is 109 Å². The molecule has 1 aromatic carbocycles. The summed E-state index contributed by atoms with van der Waals surface area (Å²) < 4.78 is 20.4. The molecule has 9 nitrogen and oxygen atoms in total. The Labute approximate surface area is 156 Å². The second-order valence-electron chi connectivity index (χ2n) is 5.18. The Hall–Kier alpha value is -3.23. The molecule has 0 radical (unpaired) electrons. The van der Waals surface area contributed by atoms with Crippen molar-refractivity contribution in [2.75, 3.05) is 27.4 Å². The minimum absolute atomic E-state index is 0.135. The van der Waals surface area contributed by atoms with E-state index in [4.69, 9.17) is 18.9 Å². The number of methoxy groups -OCH3 is 2. The number of fused-ring (bicyclic) bond motifs is 1. The van der Waals surface area contributed by atoms with Gasteiger partial charge >= 0.3 is 11.9 Å². The van der Waals surface area contributed by atoms with Gasteiger partial charge in [-0.1, -0.05) is 0 Å². The van der Waals surface area contributed by atoms with Crippen LogP contribution in [0.5, 0.6) is 11.5 Å². The largest absolute Gasteiger partial charge is 0.493 e. The predicted molar refractivity (Wildman–Crippen MR) is 97.6 cm³/mol. The molecule has 0 atom stereocenters. The molecular weight excluding hydrogens is 354 g/mol. The molecule has 27 heavy (non-hydrogen) atoms. The van der Waals surface area contributed by atoms with E-state index in [9.17, 15) is 9.59 Å². The fraction of sp³-hybridized carbons (Fsp3) is 0.389. The SMILES string of the molecule is CCOC(=O)C(C=Nc1ncnc2cc(OC)c(OC)cc12)C(=O)OCC. The molecule has 0 unspecified atom stereocenters. The predicted octanol–water partition coefficient (Wildman–Crippen LogP) is 2.09. The zero-order valence-electron chi connectivity index (χ0n) is 15.6. The lowest BCUT2D eigenvalue weighted by atomic mass is 10.1. The third-order valence-electron chi connectivity index (χ3n) is 3.55. The molecule has 9 heteroatoms. The number of aliphatic imine (C=N–C) groups is 1. The van der Waals surface area contributed by atoms with Crippen LogP contribution in [-0.4, -0.2) is 55.6 Å². The quantitative estimate of drug-likeness (QED) is 0.392. The van der Waals surface area contributed by atoms with Gasteiger partial charge in [0, 0.05) is 17.7 Å². The van der Waals surface area contributed by atoms with Gasteiger partial charge in [0.25, 0.3) is 0 Å². The van der Waals surface area contributed by atoms with Gasteiger partial charge in [-0.3, -0.25) is 9.59 Å². The van der Waals surface area contributed by atoms with Crippen molar-refractivity contribution in [3.8, 4) is 11.5 Å². The van der Waals surface area contributed by atoms with E-state index in [1.54, 1.807) is 26.0 Å². The fourth-order valence-electron chi connectivity index (χ4n) is 2.30. The molecule has 2 rings (SSSR count). The lowest BCUT2D eigenvalue weighted by Crippen LogP contribution is -2.29. The molecule has 0 spiro atoms. The number of ether oxygens (including phenoxy) is 4. The minimum atomic E-state index is -1.28. The number of esters is 2. The van der Waals surface area contributed by atoms with Gasteiger partial charge in [-0.15, -0.1) is 0 Å². The number of rotatable bonds is 8. The van der Waals surface area contributed by atoms with Crippen molar-refractivity contribution in [3.63, 3.8) is 0 Å². The highest BCUT2D eigenvalue weighted by molar-refractivity contribution is 6.09. The van der Waals surface area contributed by atoms with Crippen LogP contribution in [0.15, 0.2) is 23.5 Å². The van der Waals surface area contributed by atoms with Crippen LogP contribution >= 0.6 is 0 Å². The Morgan fingerprint density at radius 1 is 1.04 bits per heavy atom. The molecular formula is C18H21N3O6. The van der Waals surface area contributed by atoms with E-state index in [0.717, 1.165) is 6.21 Å². The van der Waals surface area contributed by atoms with Crippen LogP contribution in [0.1, 0.15) is 13.8 Å². The number of carbonyl (C=O) groups is 2. The normalized spacial score (nSPS) is 11.0. The standard InChI is InChI=1S/C18H21N3O6/c1-5-26-17(22)12(18(23)27-6-2)9-19-16-11-7-14(24-3)15(25-4)8-13(11)20-10-21-16/h7-10,12H,5-6H2,1-4H3. The molecule has 0 aliphatic heterocycles. The van der Waals surface area contributed by atoms with Crippen molar-refractivity contribution < 1.29 is 28.5 Å². The third kappa shape index (κ3) is 4.69. The van der Waals surface area contributed by atoms with E-state index in [2.05, 4.69) is 15.0 Å². The van der Waals surface area contributed by atoms with E-state index in [1.165, 1.54) is 20.5 Å². The van der Waals surface area contributed by atoms with E-state index in [0.29, 0.717) is 22.4 Å². The van der Waals surface area contributed by atoms with Gasteiger partial charge in [-0.05, 0) is 19.9 Å². The van der Waals surface area contributed by atoms with E-state index in [-0.39, 0.29) is 19.0 Å². The molecule has 0 N–H and O–H groups in total. The van der Waals surface area contributed by atoms with Gasteiger partial charge in [-0.25, -0.2) is 15.0 Å². The average Bonchev–Trinajstić information content (AvgIpc) is 2.67. The Bertz CT molecular complexity index is 834. The Balaban J connectivity index is 2.44. The molecule has 0 saturated heterocycles. The van der Waals surface area contributed by atoms with Crippen LogP contribution < -0.4 is 9.47 Å². The number of aromatic nitrogens is 2. The van der Waals surface area contributed by atoms with Crippen molar-refractivity contribution in [1.29, 1.82) is 0 Å². The molecule has 1 aromatic heterocycles. The molecule has 2 aromatic rings. The highest BCUT2D eigenvalue weighted by Gasteiger charge is 2.28. The third-order valence-corrected chi connectivity index (χ3v) is 3.55. The van der Waals surface area contributed by atoms with E-state index in [1.807, 2.05) is 0 Å². The summed E-state index contributed by atoms with van der Waals surface area (Å²) in [7, 11) is 3.03. The van der Waals surface area contributed by atoms with Gasteiger partial charge in [0.2, 0.25) is 0 Å². The maximum atomic E-state index is 12.0. The molecule has 0 fully saturated rings. The van der Waals surface area contributed by atoms with Crippen molar-refractivity contribution in [3.05, 3.63) is 18.5 Å². The van der Waals surface area contributed by atoms with Gasteiger partial charge < -0.3 is 18.9 Å². The summed E-state index contributed by atoms with van der Waals surface area (Å²) in [5, 5.41) is 0.567. The summed E-state index contributed by atoms with van der Waals surface area (Å²) in [5.74, 6) is -1.51. The molecule has 0 aliphatic carbocycles. The second-order valence-corrected chi connectivity index (χ2v) is 5.18.